The molecular weight excluding hydrogens is 424 g/mol. The number of methoxy groups -OCH3 is 4. The lowest BCUT2D eigenvalue weighted by Crippen LogP contribution is -2.20. The third-order valence-electron chi connectivity index (χ3n) is 5.50. The second-order valence-corrected chi connectivity index (χ2v) is 7.46. The molecule has 33 heavy (non-hydrogen) atoms. The summed E-state index contributed by atoms with van der Waals surface area (Å²) in [6.45, 7) is 0.0863. The van der Waals surface area contributed by atoms with E-state index in [9.17, 15) is 5.11 Å². The number of aliphatic hydroxyl groups is 1. The largest absolute Gasteiger partial charge is 0.497 e. The number of aryl methyl sites for hydroxylation is 1. The number of hydrogen-bond acceptors (Lipinski definition) is 8. The molecular formula is C24H28N4O5. The minimum Gasteiger partial charge on any atom is -0.497 e. The maximum Gasteiger partial charge on any atom is 0.226 e. The van der Waals surface area contributed by atoms with Crippen LogP contribution in [0.3, 0.4) is 0 Å². The third-order valence-corrected chi connectivity index (χ3v) is 5.50. The van der Waals surface area contributed by atoms with Crippen molar-refractivity contribution in [1.82, 2.24) is 14.8 Å². The zero-order valence-electron chi connectivity index (χ0n) is 19.2. The molecule has 0 bridgehead atoms. The zero-order valence-corrected chi connectivity index (χ0v) is 19.2. The van der Waals surface area contributed by atoms with Gasteiger partial charge in [0, 0.05) is 18.7 Å². The fourth-order valence-electron chi connectivity index (χ4n) is 3.83. The first kappa shape index (κ1) is 22.5. The van der Waals surface area contributed by atoms with Gasteiger partial charge in [-0.15, -0.1) is 0 Å². The van der Waals surface area contributed by atoms with E-state index in [0.717, 1.165) is 22.6 Å². The van der Waals surface area contributed by atoms with Crippen LogP contribution >= 0.6 is 0 Å². The molecule has 1 aliphatic heterocycles. The van der Waals surface area contributed by atoms with E-state index in [1.807, 2.05) is 41.1 Å². The SMILES string of the molecule is COc1ccc(C2=CC(c3cc(OC)c(OC)c(OC)c3)n3nc(CCCO)nc3N2)cc1. The summed E-state index contributed by atoms with van der Waals surface area (Å²) in [6, 6.07) is 11.4. The van der Waals surface area contributed by atoms with Gasteiger partial charge in [-0.25, -0.2) is 4.68 Å². The van der Waals surface area contributed by atoms with Gasteiger partial charge in [0.2, 0.25) is 11.7 Å². The molecule has 0 radical (unpaired) electrons. The smallest absolute Gasteiger partial charge is 0.226 e. The van der Waals surface area contributed by atoms with Gasteiger partial charge in [0.05, 0.1) is 28.4 Å². The Morgan fingerprint density at radius 1 is 0.970 bits per heavy atom. The fourth-order valence-corrected chi connectivity index (χ4v) is 3.83. The topological polar surface area (TPSA) is 99.9 Å². The molecule has 0 aliphatic carbocycles. The van der Waals surface area contributed by atoms with E-state index in [1.165, 1.54) is 0 Å². The summed E-state index contributed by atoms with van der Waals surface area (Å²) in [4.78, 5) is 4.67. The lowest BCUT2D eigenvalue weighted by Gasteiger charge is -2.25. The van der Waals surface area contributed by atoms with Gasteiger partial charge in [-0.1, -0.05) is 0 Å². The van der Waals surface area contributed by atoms with Crippen LogP contribution in [0.5, 0.6) is 23.0 Å². The average molecular weight is 453 g/mol. The minimum absolute atomic E-state index is 0.0863. The van der Waals surface area contributed by atoms with Gasteiger partial charge in [-0.05, 0) is 60.0 Å². The number of hydrogen-bond donors (Lipinski definition) is 2. The molecule has 3 aromatic rings. The lowest BCUT2D eigenvalue weighted by molar-refractivity contribution is 0.287. The Morgan fingerprint density at radius 3 is 2.24 bits per heavy atom. The number of ether oxygens (including phenoxy) is 4. The van der Waals surface area contributed by atoms with Gasteiger partial charge >= 0.3 is 0 Å². The van der Waals surface area contributed by atoms with Crippen molar-refractivity contribution in [2.75, 3.05) is 40.4 Å². The lowest BCUT2D eigenvalue weighted by atomic mass is 10.0. The summed E-state index contributed by atoms with van der Waals surface area (Å²) < 4.78 is 23.7. The molecule has 0 spiro atoms. The molecule has 1 aromatic heterocycles. The Kier molecular flexibility index (Phi) is 6.69. The van der Waals surface area contributed by atoms with Crippen LogP contribution in [0, 0.1) is 0 Å². The normalized spacial score (nSPS) is 14.7. The molecule has 9 heteroatoms. The van der Waals surface area contributed by atoms with E-state index in [0.29, 0.717) is 41.9 Å². The Morgan fingerprint density at radius 2 is 1.67 bits per heavy atom. The van der Waals surface area contributed by atoms with Crippen molar-refractivity contribution in [2.24, 2.45) is 0 Å². The second-order valence-electron chi connectivity index (χ2n) is 7.46. The highest BCUT2D eigenvalue weighted by atomic mass is 16.5. The standard InChI is InChI=1S/C24H28N4O5/c1-30-17-9-7-15(8-10-17)18-14-19(28-24(25-18)26-22(27-28)6-5-11-29)16-12-20(31-2)23(33-4)21(13-16)32-3/h7-10,12-14,19,29H,5-6,11H2,1-4H3,(H,25,26,27). The Balaban J connectivity index is 1.82. The summed E-state index contributed by atoms with van der Waals surface area (Å²) >= 11 is 0. The summed E-state index contributed by atoms with van der Waals surface area (Å²) in [5.74, 6) is 3.72. The monoisotopic (exact) mass is 452 g/mol. The van der Waals surface area contributed by atoms with E-state index < -0.39 is 0 Å². The number of aromatic nitrogens is 3. The predicted molar refractivity (Wildman–Crippen MR) is 124 cm³/mol. The first-order chi connectivity index (χ1) is 16.1. The zero-order chi connectivity index (χ0) is 23.4. The molecule has 1 unspecified atom stereocenters. The number of benzene rings is 2. The number of rotatable bonds is 9. The van der Waals surface area contributed by atoms with Gasteiger partial charge in [0.1, 0.15) is 11.8 Å². The number of nitrogens with one attached hydrogen (secondary N) is 1. The Bertz CT molecular complexity index is 1120. The summed E-state index contributed by atoms with van der Waals surface area (Å²) in [7, 11) is 6.41. The first-order valence-corrected chi connectivity index (χ1v) is 10.6. The average Bonchev–Trinajstić information content (AvgIpc) is 3.28. The number of anilines is 1. The molecule has 0 saturated heterocycles. The first-order valence-electron chi connectivity index (χ1n) is 10.6. The van der Waals surface area contributed by atoms with Crippen LogP contribution in [0.2, 0.25) is 0 Å². The number of nitrogens with zero attached hydrogens (tertiary/aromatic N) is 3. The van der Waals surface area contributed by atoms with Crippen LogP contribution in [0.15, 0.2) is 42.5 Å². The van der Waals surface area contributed by atoms with Crippen molar-refractivity contribution < 1.29 is 24.1 Å². The quantitative estimate of drug-likeness (QED) is 0.510. The van der Waals surface area contributed by atoms with Crippen molar-refractivity contribution in [3.63, 3.8) is 0 Å². The van der Waals surface area contributed by atoms with Crippen LogP contribution in [0.4, 0.5) is 5.95 Å². The highest BCUT2D eigenvalue weighted by Gasteiger charge is 2.27. The van der Waals surface area contributed by atoms with Crippen LogP contribution in [-0.4, -0.2) is 54.9 Å². The molecule has 4 rings (SSSR count). The van der Waals surface area contributed by atoms with E-state index in [1.54, 1.807) is 28.4 Å². The highest BCUT2D eigenvalue weighted by Crippen LogP contribution is 2.42. The van der Waals surface area contributed by atoms with E-state index >= 15 is 0 Å². The van der Waals surface area contributed by atoms with Crippen molar-refractivity contribution in [3.8, 4) is 23.0 Å². The molecule has 1 aliphatic rings. The maximum atomic E-state index is 9.22. The van der Waals surface area contributed by atoms with Crippen molar-refractivity contribution >= 4 is 11.6 Å². The molecule has 2 heterocycles. The van der Waals surface area contributed by atoms with Crippen molar-refractivity contribution in [1.29, 1.82) is 0 Å². The molecule has 2 aromatic carbocycles. The summed E-state index contributed by atoms with van der Waals surface area (Å²) in [5, 5.41) is 17.3. The van der Waals surface area contributed by atoms with E-state index in [4.69, 9.17) is 24.0 Å². The van der Waals surface area contributed by atoms with E-state index in [-0.39, 0.29) is 12.6 Å². The Hall–Kier alpha value is -3.72. The van der Waals surface area contributed by atoms with Crippen LogP contribution in [0.1, 0.15) is 29.4 Å². The van der Waals surface area contributed by atoms with Gasteiger partial charge in [0.15, 0.2) is 17.3 Å². The molecule has 0 fully saturated rings. The summed E-state index contributed by atoms with van der Waals surface area (Å²) in [6.07, 6.45) is 3.26. The van der Waals surface area contributed by atoms with Crippen molar-refractivity contribution in [3.05, 3.63) is 59.4 Å². The Labute approximate surface area is 192 Å². The number of allylic oxidation sites excluding steroid dienone is 1. The minimum atomic E-state index is -0.276. The maximum absolute atomic E-state index is 9.22. The summed E-state index contributed by atoms with van der Waals surface area (Å²) in [5.41, 5.74) is 2.78. The number of fused-ring (bicyclic) bond motifs is 1. The number of aliphatic hydroxyl groups excluding tert-OH is 1. The predicted octanol–water partition coefficient (Wildman–Crippen LogP) is 3.29. The van der Waals surface area contributed by atoms with Gasteiger partial charge in [-0.3, -0.25) is 0 Å². The van der Waals surface area contributed by atoms with E-state index in [2.05, 4.69) is 16.4 Å². The van der Waals surface area contributed by atoms with Crippen LogP contribution < -0.4 is 24.3 Å². The van der Waals surface area contributed by atoms with Gasteiger partial charge < -0.3 is 29.4 Å². The van der Waals surface area contributed by atoms with Crippen molar-refractivity contribution in [2.45, 2.75) is 18.9 Å². The molecule has 0 saturated carbocycles. The van der Waals surface area contributed by atoms with Gasteiger partial charge in [-0.2, -0.15) is 10.1 Å². The van der Waals surface area contributed by atoms with Gasteiger partial charge in [0.25, 0.3) is 0 Å². The fraction of sp³-hybridized carbons (Fsp3) is 0.333. The third kappa shape index (κ3) is 4.45. The molecule has 1 atom stereocenters. The van der Waals surface area contributed by atoms with Crippen LogP contribution in [-0.2, 0) is 6.42 Å². The molecule has 9 nitrogen and oxygen atoms in total. The highest BCUT2D eigenvalue weighted by molar-refractivity contribution is 5.77. The molecule has 0 amide bonds. The molecule has 174 valence electrons. The second kappa shape index (κ2) is 9.83. The van der Waals surface area contributed by atoms with Crippen LogP contribution in [0.25, 0.3) is 5.70 Å². The molecule has 2 N–H and O–H groups in total.